The molecule has 0 aliphatic carbocycles. The van der Waals surface area contributed by atoms with Crippen LogP contribution in [0.15, 0.2) is 30.3 Å². The molecule has 4 rings (SSSR count). The number of piperidine rings is 1. The summed E-state index contributed by atoms with van der Waals surface area (Å²) in [4.78, 5) is 27.9. The number of likely N-dealkylation sites (tertiary alicyclic amines) is 2. The molecule has 2 fully saturated rings. The number of nitrogens with zero attached hydrogens (tertiary/aromatic N) is 2. The lowest BCUT2D eigenvalue weighted by Crippen LogP contribution is -2.68. The summed E-state index contributed by atoms with van der Waals surface area (Å²) < 4.78 is 11.3. The van der Waals surface area contributed by atoms with Gasteiger partial charge in [-0.1, -0.05) is 40.9 Å². The Hall–Kier alpha value is -2.43. The summed E-state index contributed by atoms with van der Waals surface area (Å²) >= 11 is 18.7. The van der Waals surface area contributed by atoms with Crippen LogP contribution in [0.3, 0.4) is 0 Å². The summed E-state index contributed by atoms with van der Waals surface area (Å²) in [5.74, 6) is 0.821. The van der Waals surface area contributed by atoms with Gasteiger partial charge in [0.1, 0.15) is 29.2 Å². The van der Waals surface area contributed by atoms with Gasteiger partial charge in [0.05, 0.1) is 48.0 Å². The van der Waals surface area contributed by atoms with E-state index in [0.29, 0.717) is 64.0 Å². The summed E-state index contributed by atoms with van der Waals surface area (Å²) in [6.45, 7) is 3.82. The topological polar surface area (TPSA) is 117 Å². The standard InChI is InChI=1S/C30H39Cl3N4O5/c1-41-27-16-25(34)24(32)15-22(27)29(38)35-17-20-9-11-36(12-10-20)18-21(19-42-26-8-6-7-23(31)28(26)33)37(30(39)40)13-4-2-3-5-14-37/h6-8,15-16,20-21H,2-5,9-14,17-19H2,1H3,(H3-,34,35,38,39,40). The largest absolute Gasteiger partial charge is 0.498 e. The number of nitrogen functional groups attached to an aromatic ring is 1. The van der Waals surface area contributed by atoms with Gasteiger partial charge in [0, 0.05) is 12.6 Å². The number of hydrogen-bond donors (Lipinski definition) is 2. The fourth-order valence-corrected chi connectivity index (χ4v) is 6.51. The average Bonchev–Trinajstić information content (AvgIpc) is 3.25. The smallest absolute Gasteiger partial charge is 0.257 e. The lowest BCUT2D eigenvalue weighted by atomic mass is 9.96. The number of halogens is 3. The van der Waals surface area contributed by atoms with Gasteiger partial charge in [-0.3, -0.25) is 14.2 Å². The highest BCUT2D eigenvalue weighted by atomic mass is 35.5. The van der Waals surface area contributed by atoms with E-state index in [1.54, 1.807) is 24.3 Å². The second-order valence-corrected chi connectivity index (χ2v) is 12.4. The molecule has 42 heavy (non-hydrogen) atoms. The zero-order valence-electron chi connectivity index (χ0n) is 23.9. The monoisotopic (exact) mass is 640 g/mol. The number of carboxylic acid groups (broad SMARTS) is 1. The van der Waals surface area contributed by atoms with Crippen molar-refractivity contribution < 1.29 is 28.7 Å². The Kier molecular flexibility index (Phi) is 11.5. The number of carbonyl (C=O) groups is 2. The molecule has 2 heterocycles. The van der Waals surface area contributed by atoms with E-state index >= 15 is 0 Å². The van der Waals surface area contributed by atoms with Crippen molar-refractivity contribution in [3.8, 4) is 11.5 Å². The number of carbonyl (C=O) groups excluding carboxylic acids is 2. The normalized spacial score (nSPS) is 18.6. The summed E-state index contributed by atoms with van der Waals surface area (Å²) in [6, 6.07) is 7.90. The average molecular weight is 642 g/mol. The highest BCUT2D eigenvalue weighted by Gasteiger charge is 2.42. The first-order valence-electron chi connectivity index (χ1n) is 14.4. The Morgan fingerprint density at radius 2 is 1.76 bits per heavy atom. The van der Waals surface area contributed by atoms with Crippen molar-refractivity contribution in [3.63, 3.8) is 0 Å². The van der Waals surface area contributed by atoms with E-state index in [-0.39, 0.29) is 29.0 Å². The second-order valence-electron chi connectivity index (χ2n) is 11.2. The molecule has 2 aromatic rings. The highest BCUT2D eigenvalue weighted by molar-refractivity contribution is 6.42. The number of methoxy groups -OCH3 is 1. The SMILES string of the molecule is COc1cc(N)c(Cl)cc1C(=O)NCC1CCN(CC(COc2cccc(Cl)c2Cl)[N+]2(C(=O)[O-])CCCCCC2)CC1. The molecule has 12 heteroatoms. The van der Waals surface area contributed by atoms with E-state index in [2.05, 4.69) is 10.2 Å². The van der Waals surface area contributed by atoms with Gasteiger partial charge < -0.3 is 30.4 Å². The summed E-state index contributed by atoms with van der Waals surface area (Å²) in [5, 5.41) is 16.7. The Bertz CT molecular complexity index is 1250. The first-order chi connectivity index (χ1) is 20.1. The van der Waals surface area contributed by atoms with Crippen molar-refractivity contribution >= 4 is 52.5 Å². The zero-order valence-corrected chi connectivity index (χ0v) is 26.1. The van der Waals surface area contributed by atoms with Gasteiger partial charge in [-0.05, 0) is 75.7 Å². The van der Waals surface area contributed by atoms with Crippen molar-refractivity contribution in [1.82, 2.24) is 10.2 Å². The molecule has 2 aliphatic heterocycles. The van der Waals surface area contributed by atoms with Crippen LogP contribution in [-0.4, -0.2) is 80.4 Å². The number of benzene rings is 2. The van der Waals surface area contributed by atoms with Gasteiger partial charge in [0.15, 0.2) is 0 Å². The molecule has 2 saturated heterocycles. The number of ether oxygens (including phenoxy) is 2. The molecule has 0 bridgehead atoms. The lowest BCUT2D eigenvalue weighted by molar-refractivity contribution is -0.899. The third-order valence-corrected chi connectivity index (χ3v) is 9.69. The minimum Gasteiger partial charge on any atom is -0.498 e. The molecule has 1 unspecified atom stereocenters. The molecule has 2 amide bonds. The highest BCUT2D eigenvalue weighted by Crippen LogP contribution is 2.33. The minimum absolute atomic E-state index is 0.125. The number of quaternary nitrogens is 1. The predicted octanol–water partition coefficient (Wildman–Crippen LogP) is 4.86. The van der Waals surface area contributed by atoms with Crippen LogP contribution < -0.4 is 25.6 Å². The number of hydrogen-bond acceptors (Lipinski definition) is 7. The van der Waals surface area contributed by atoms with Crippen molar-refractivity contribution in [2.45, 2.75) is 44.6 Å². The van der Waals surface area contributed by atoms with Crippen LogP contribution in [0, 0.1) is 5.92 Å². The molecule has 2 aromatic carbocycles. The quantitative estimate of drug-likeness (QED) is 0.281. The molecule has 9 nitrogen and oxygen atoms in total. The Labute approximate surface area is 262 Å². The van der Waals surface area contributed by atoms with Crippen molar-refractivity contribution in [2.24, 2.45) is 5.92 Å². The summed E-state index contributed by atoms with van der Waals surface area (Å²) in [6.07, 6.45) is 4.33. The Morgan fingerprint density at radius 3 is 2.40 bits per heavy atom. The van der Waals surface area contributed by atoms with Gasteiger partial charge >= 0.3 is 0 Å². The molecule has 0 aromatic heterocycles. The third-order valence-electron chi connectivity index (χ3n) is 8.57. The van der Waals surface area contributed by atoms with Crippen LogP contribution in [0.5, 0.6) is 11.5 Å². The molecule has 1 atom stereocenters. The van der Waals surface area contributed by atoms with E-state index in [9.17, 15) is 14.7 Å². The van der Waals surface area contributed by atoms with E-state index in [1.165, 1.54) is 13.2 Å². The number of nitrogens with one attached hydrogen (secondary N) is 1. The molecular weight excluding hydrogens is 603 g/mol. The predicted molar refractivity (Wildman–Crippen MR) is 164 cm³/mol. The zero-order chi connectivity index (χ0) is 30.3. The van der Waals surface area contributed by atoms with E-state index in [0.717, 1.165) is 51.6 Å². The van der Waals surface area contributed by atoms with Crippen LogP contribution in [0.25, 0.3) is 0 Å². The van der Waals surface area contributed by atoms with E-state index in [1.807, 2.05) is 0 Å². The fraction of sp³-hybridized carbons (Fsp3) is 0.533. The van der Waals surface area contributed by atoms with Crippen LogP contribution in [0.2, 0.25) is 15.1 Å². The van der Waals surface area contributed by atoms with Gasteiger partial charge in [0.2, 0.25) is 0 Å². The molecular formula is C30H39Cl3N4O5. The fourth-order valence-electron chi connectivity index (χ4n) is 6.00. The summed E-state index contributed by atoms with van der Waals surface area (Å²) in [5.41, 5.74) is 6.53. The third kappa shape index (κ3) is 7.74. The van der Waals surface area contributed by atoms with Crippen molar-refractivity contribution in [2.75, 3.05) is 58.7 Å². The van der Waals surface area contributed by atoms with Crippen LogP contribution in [0.1, 0.15) is 48.9 Å². The first-order valence-corrected chi connectivity index (χ1v) is 15.6. The lowest BCUT2D eigenvalue weighted by Gasteiger charge is -2.45. The Balaban J connectivity index is 1.39. The number of nitrogens with two attached hydrogens (primary N) is 1. The van der Waals surface area contributed by atoms with Crippen LogP contribution in [-0.2, 0) is 0 Å². The number of rotatable bonds is 10. The summed E-state index contributed by atoms with van der Waals surface area (Å²) in [7, 11) is 1.48. The van der Waals surface area contributed by atoms with Crippen molar-refractivity contribution in [3.05, 3.63) is 51.0 Å². The molecule has 3 N–H and O–H groups in total. The van der Waals surface area contributed by atoms with Gasteiger partial charge in [-0.15, -0.1) is 0 Å². The first kappa shape index (κ1) is 32.5. The maximum Gasteiger partial charge on any atom is 0.257 e. The molecule has 0 saturated carbocycles. The molecule has 2 aliphatic rings. The number of amides is 2. The van der Waals surface area contributed by atoms with E-state index in [4.69, 9.17) is 50.0 Å². The molecule has 0 spiro atoms. The van der Waals surface area contributed by atoms with Crippen LogP contribution in [0.4, 0.5) is 10.5 Å². The molecule has 0 radical (unpaired) electrons. The number of anilines is 1. The minimum atomic E-state index is -1.06. The van der Waals surface area contributed by atoms with E-state index < -0.39 is 6.09 Å². The second kappa shape index (κ2) is 14.8. The van der Waals surface area contributed by atoms with Crippen molar-refractivity contribution in [1.29, 1.82) is 0 Å². The van der Waals surface area contributed by atoms with Gasteiger partial charge in [0.25, 0.3) is 12.0 Å². The Morgan fingerprint density at radius 1 is 1.07 bits per heavy atom. The molecule has 230 valence electrons. The van der Waals surface area contributed by atoms with Gasteiger partial charge in [-0.25, -0.2) is 0 Å². The van der Waals surface area contributed by atoms with Gasteiger partial charge in [-0.2, -0.15) is 0 Å². The van der Waals surface area contributed by atoms with Crippen LogP contribution >= 0.6 is 34.8 Å². The maximum atomic E-state index is 12.9. The maximum absolute atomic E-state index is 12.9.